The number of hydrogen-bond donors (Lipinski definition) is 1. The maximum absolute atomic E-state index is 12.8. The molecular formula is C19H25N3O3. The predicted octanol–water partition coefficient (Wildman–Crippen LogP) is 2.57. The van der Waals surface area contributed by atoms with Crippen molar-refractivity contribution in [2.45, 2.75) is 37.8 Å². The molecule has 1 aliphatic heterocycles. The second kappa shape index (κ2) is 7.70. The van der Waals surface area contributed by atoms with Crippen molar-refractivity contribution in [3.8, 4) is 5.75 Å². The second-order valence-corrected chi connectivity index (χ2v) is 6.38. The van der Waals surface area contributed by atoms with Crippen molar-refractivity contribution in [1.29, 1.82) is 0 Å². The monoisotopic (exact) mass is 343 g/mol. The molecule has 1 aromatic carbocycles. The third kappa shape index (κ3) is 3.85. The van der Waals surface area contributed by atoms with Gasteiger partial charge in [0.25, 0.3) is 0 Å². The molecule has 1 aromatic heterocycles. The van der Waals surface area contributed by atoms with Crippen molar-refractivity contribution >= 4 is 5.91 Å². The molecular weight excluding hydrogens is 318 g/mol. The Labute approximate surface area is 148 Å². The molecule has 0 unspecified atom stereocenters. The van der Waals surface area contributed by atoms with E-state index in [0.29, 0.717) is 6.61 Å². The van der Waals surface area contributed by atoms with E-state index in [4.69, 9.17) is 9.47 Å². The lowest BCUT2D eigenvalue weighted by atomic mass is 9.94. The highest BCUT2D eigenvalue weighted by Crippen LogP contribution is 2.30. The van der Waals surface area contributed by atoms with Gasteiger partial charge in [-0.15, -0.1) is 0 Å². The van der Waals surface area contributed by atoms with Gasteiger partial charge >= 0.3 is 0 Å². The molecule has 6 heteroatoms. The summed E-state index contributed by atoms with van der Waals surface area (Å²) in [6.07, 6.45) is 5.16. The molecule has 1 saturated heterocycles. The van der Waals surface area contributed by atoms with Crippen LogP contribution in [0.1, 0.15) is 42.9 Å². The summed E-state index contributed by atoms with van der Waals surface area (Å²) >= 11 is 0. The highest BCUT2D eigenvalue weighted by molar-refractivity contribution is 5.84. The number of amides is 1. The van der Waals surface area contributed by atoms with Gasteiger partial charge in [0, 0.05) is 25.4 Å². The van der Waals surface area contributed by atoms with Crippen LogP contribution in [0.15, 0.2) is 36.7 Å². The molecule has 6 nitrogen and oxygen atoms in total. The molecule has 2 heterocycles. The molecule has 0 aliphatic carbocycles. The zero-order valence-corrected chi connectivity index (χ0v) is 14.9. The van der Waals surface area contributed by atoms with Gasteiger partial charge in [-0.3, -0.25) is 9.48 Å². The van der Waals surface area contributed by atoms with Gasteiger partial charge in [-0.1, -0.05) is 19.1 Å². The van der Waals surface area contributed by atoms with E-state index >= 15 is 0 Å². The molecule has 1 fully saturated rings. The molecule has 134 valence electrons. The van der Waals surface area contributed by atoms with Gasteiger partial charge in [-0.25, -0.2) is 0 Å². The number of hydrogen-bond acceptors (Lipinski definition) is 4. The van der Waals surface area contributed by atoms with Gasteiger partial charge in [0.2, 0.25) is 5.91 Å². The van der Waals surface area contributed by atoms with Gasteiger partial charge in [0.05, 0.1) is 25.3 Å². The van der Waals surface area contributed by atoms with Gasteiger partial charge in [-0.05, 0) is 30.5 Å². The Hall–Kier alpha value is -2.34. The summed E-state index contributed by atoms with van der Waals surface area (Å²) in [6.45, 7) is 2.67. The third-order valence-corrected chi connectivity index (χ3v) is 4.72. The highest BCUT2D eigenvalue weighted by Gasteiger charge is 2.33. The Balaban J connectivity index is 1.70. The van der Waals surface area contributed by atoms with E-state index in [1.54, 1.807) is 18.0 Å². The Bertz CT molecular complexity index is 711. The van der Waals surface area contributed by atoms with Crippen LogP contribution in [0.25, 0.3) is 0 Å². The summed E-state index contributed by atoms with van der Waals surface area (Å²) in [7, 11) is 3.51. The number of nitrogens with one attached hydrogen (secondary N) is 1. The Morgan fingerprint density at radius 2 is 2.20 bits per heavy atom. The molecule has 3 atom stereocenters. The van der Waals surface area contributed by atoms with Crippen LogP contribution < -0.4 is 10.1 Å². The van der Waals surface area contributed by atoms with Crippen molar-refractivity contribution < 1.29 is 14.3 Å². The highest BCUT2D eigenvalue weighted by atomic mass is 16.5. The standard InChI is InChI=1S/C19H25N3O3/c1-4-16(13-5-7-15(24-3)8-6-13)19(23)21-17-9-10-25-18(17)14-11-20-22(2)12-14/h5-8,11-12,16-18H,4,9-10H2,1-3H3,(H,21,23)/t16-,17+,18-/m1/s1. The SMILES string of the molecule is CC[C@@H](C(=O)N[C@H]1CCO[C@@H]1c1cnn(C)c1)c1ccc(OC)cc1. The van der Waals surface area contributed by atoms with E-state index in [-0.39, 0.29) is 24.0 Å². The van der Waals surface area contributed by atoms with E-state index in [1.165, 1.54) is 0 Å². The van der Waals surface area contributed by atoms with Gasteiger partial charge in [0.15, 0.2) is 0 Å². The van der Waals surface area contributed by atoms with Crippen LogP contribution in [-0.2, 0) is 16.6 Å². The van der Waals surface area contributed by atoms with E-state index in [0.717, 1.165) is 29.7 Å². The number of aryl methyl sites for hydroxylation is 1. The maximum atomic E-state index is 12.8. The lowest BCUT2D eigenvalue weighted by molar-refractivity contribution is -0.123. The lowest BCUT2D eigenvalue weighted by Gasteiger charge is -2.22. The molecule has 0 bridgehead atoms. The summed E-state index contributed by atoms with van der Waals surface area (Å²) in [5.41, 5.74) is 2.00. The molecule has 3 rings (SSSR count). The number of aromatic nitrogens is 2. The smallest absolute Gasteiger partial charge is 0.227 e. The second-order valence-electron chi connectivity index (χ2n) is 6.38. The zero-order chi connectivity index (χ0) is 17.8. The van der Waals surface area contributed by atoms with E-state index < -0.39 is 0 Å². The molecule has 0 saturated carbocycles. The summed E-state index contributed by atoms with van der Waals surface area (Å²) in [5.74, 6) is 0.651. The normalized spacial score (nSPS) is 21.1. The van der Waals surface area contributed by atoms with Crippen LogP contribution >= 0.6 is 0 Å². The first-order valence-corrected chi connectivity index (χ1v) is 8.66. The van der Waals surface area contributed by atoms with Crippen LogP contribution in [-0.4, -0.2) is 35.4 Å². The fraction of sp³-hybridized carbons (Fsp3) is 0.474. The minimum atomic E-state index is -0.180. The summed E-state index contributed by atoms with van der Waals surface area (Å²) in [4.78, 5) is 12.8. The van der Waals surface area contributed by atoms with Gasteiger partial charge in [0.1, 0.15) is 11.9 Å². The summed E-state index contributed by atoms with van der Waals surface area (Å²) in [5, 5.41) is 7.38. The third-order valence-electron chi connectivity index (χ3n) is 4.72. The van der Waals surface area contributed by atoms with Crippen molar-refractivity contribution in [3.63, 3.8) is 0 Å². The lowest BCUT2D eigenvalue weighted by Crippen LogP contribution is -2.39. The Kier molecular flexibility index (Phi) is 5.38. The van der Waals surface area contributed by atoms with Gasteiger partial charge < -0.3 is 14.8 Å². The quantitative estimate of drug-likeness (QED) is 0.875. The molecule has 1 amide bonds. The summed E-state index contributed by atoms with van der Waals surface area (Å²) < 4.78 is 12.8. The molecule has 1 aliphatic rings. The van der Waals surface area contributed by atoms with Crippen molar-refractivity contribution in [3.05, 3.63) is 47.8 Å². The molecule has 1 N–H and O–H groups in total. The average Bonchev–Trinajstić information content (AvgIpc) is 3.25. The first kappa shape index (κ1) is 17.5. The molecule has 25 heavy (non-hydrogen) atoms. The van der Waals surface area contributed by atoms with Crippen LogP contribution in [0.2, 0.25) is 0 Å². The Morgan fingerprint density at radius 1 is 1.44 bits per heavy atom. The molecule has 0 radical (unpaired) electrons. The molecule has 0 spiro atoms. The van der Waals surface area contributed by atoms with Crippen molar-refractivity contribution in [1.82, 2.24) is 15.1 Å². The largest absolute Gasteiger partial charge is 0.497 e. The van der Waals surface area contributed by atoms with Crippen molar-refractivity contribution in [2.75, 3.05) is 13.7 Å². The first-order chi connectivity index (χ1) is 12.1. The maximum Gasteiger partial charge on any atom is 0.227 e. The minimum Gasteiger partial charge on any atom is -0.497 e. The number of carbonyl (C=O) groups is 1. The van der Waals surface area contributed by atoms with Gasteiger partial charge in [-0.2, -0.15) is 5.10 Å². The van der Waals surface area contributed by atoms with Crippen LogP contribution in [0.3, 0.4) is 0 Å². The van der Waals surface area contributed by atoms with Crippen LogP contribution in [0, 0.1) is 0 Å². The Morgan fingerprint density at radius 3 is 2.80 bits per heavy atom. The van der Waals surface area contributed by atoms with E-state index in [2.05, 4.69) is 10.4 Å². The number of rotatable bonds is 6. The fourth-order valence-electron chi connectivity index (χ4n) is 3.34. The zero-order valence-electron chi connectivity index (χ0n) is 14.9. The topological polar surface area (TPSA) is 65.4 Å². The number of ether oxygens (including phenoxy) is 2. The van der Waals surface area contributed by atoms with E-state index in [1.807, 2.05) is 44.4 Å². The predicted molar refractivity (Wildman–Crippen MR) is 94.5 cm³/mol. The summed E-state index contributed by atoms with van der Waals surface area (Å²) in [6, 6.07) is 7.67. The van der Waals surface area contributed by atoms with E-state index in [9.17, 15) is 4.79 Å². The number of carbonyl (C=O) groups excluding carboxylic acids is 1. The first-order valence-electron chi connectivity index (χ1n) is 8.66. The van der Waals surface area contributed by atoms with Crippen molar-refractivity contribution in [2.24, 2.45) is 7.05 Å². The number of nitrogens with zero attached hydrogens (tertiary/aromatic N) is 2. The average molecular weight is 343 g/mol. The molecule has 2 aromatic rings. The van der Waals surface area contributed by atoms with Crippen LogP contribution in [0.4, 0.5) is 0 Å². The van der Waals surface area contributed by atoms with Crippen LogP contribution in [0.5, 0.6) is 5.75 Å². The number of methoxy groups -OCH3 is 1. The fourth-order valence-corrected chi connectivity index (χ4v) is 3.34. The number of benzene rings is 1. The minimum absolute atomic E-state index is 0.0241.